The van der Waals surface area contributed by atoms with Gasteiger partial charge in [0.1, 0.15) is 0 Å². The Balaban J connectivity index is 1.72. The van der Waals surface area contributed by atoms with Crippen molar-refractivity contribution in [3.8, 4) is 6.07 Å². The molecule has 0 aliphatic heterocycles. The maximum absolute atomic E-state index is 12.2. The summed E-state index contributed by atoms with van der Waals surface area (Å²) in [6.07, 6.45) is 4.36. The first-order valence-electron chi connectivity index (χ1n) is 8.19. The Morgan fingerprint density at radius 2 is 2.21 bits per heavy atom. The fourth-order valence-corrected chi connectivity index (χ4v) is 3.62. The van der Waals surface area contributed by atoms with E-state index in [0.717, 1.165) is 18.7 Å². The van der Waals surface area contributed by atoms with Crippen molar-refractivity contribution in [2.75, 3.05) is 7.11 Å². The molecular weight excluding hydrogens is 302 g/mol. The largest absolute Gasteiger partial charge is 0.469 e. The van der Waals surface area contributed by atoms with Crippen LogP contribution in [0.15, 0.2) is 42.6 Å². The van der Waals surface area contributed by atoms with Crippen LogP contribution in [0.25, 0.3) is 0 Å². The molecule has 0 bridgehead atoms. The number of aromatic nitrogens is 2. The molecule has 1 aliphatic rings. The van der Waals surface area contributed by atoms with Crippen molar-refractivity contribution in [3.63, 3.8) is 0 Å². The predicted molar refractivity (Wildman–Crippen MR) is 89.0 cm³/mol. The lowest BCUT2D eigenvalue weighted by Crippen LogP contribution is -2.29. The van der Waals surface area contributed by atoms with Crippen molar-refractivity contribution in [3.05, 3.63) is 53.9 Å². The summed E-state index contributed by atoms with van der Waals surface area (Å²) in [4.78, 5) is 12.2. The van der Waals surface area contributed by atoms with Crippen LogP contribution in [0.4, 0.5) is 0 Å². The van der Waals surface area contributed by atoms with E-state index in [1.807, 2.05) is 35.1 Å². The third-order valence-electron chi connectivity index (χ3n) is 4.91. The average Bonchev–Trinajstić information content (AvgIpc) is 3.23. The number of carbonyl (C=O) groups excluding carboxylic acids is 1. The summed E-state index contributed by atoms with van der Waals surface area (Å²) >= 11 is 0. The summed E-state index contributed by atoms with van der Waals surface area (Å²) in [6.45, 7) is 0.730. The number of benzene rings is 1. The fraction of sp³-hybridized carbons (Fsp3) is 0.421. The summed E-state index contributed by atoms with van der Waals surface area (Å²) in [5, 5.41) is 13.8. The number of ether oxygens (including phenoxy) is 1. The molecule has 5 heteroatoms. The Hall–Kier alpha value is -2.61. The van der Waals surface area contributed by atoms with Crippen LogP contribution < -0.4 is 0 Å². The number of rotatable bonds is 5. The number of hydrogen-bond donors (Lipinski definition) is 0. The molecule has 1 aromatic heterocycles. The van der Waals surface area contributed by atoms with Gasteiger partial charge in [-0.3, -0.25) is 9.48 Å². The van der Waals surface area contributed by atoms with E-state index in [1.54, 1.807) is 0 Å². The van der Waals surface area contributed by atoms with Crippen molar-refractivity contribution in [2.24, 2.45) is 5.41 Å². The van der Waals surface area contributed by atoms with Crippen LogP contribution in [0.3, 0.4) is 0 Å². The van der Waals surface area contributed by atoms with Gasteiger partial charge in [-0.15, -0.1) is 0 Å². The van der Waals surface area contributed by atoms with Gasteiger partial charge in [-0.05, 0) is 30.9 Å². The summed E-state index contributed by atoms with van der Waals surface area (Å²) in [5.74, 6) is -0.0651. The van der Waals surface area contributed by atoms with E-state index < -0.39 is 5.41 Å². The lowest BCUT2D eigenvalue weighted by atomic mass is 9.82. The van der Waals surface area contributed by atoms with Gasteiger partial charge in [0.25, 0.3) is 0 Å². The van der Waals surface area contributed by atoms with E-state index >= 15 is 0 Å². The summed E-state index contributed by atoms with van der Waals surface area (Å²) < 4.78 is 6.87. The molecule has 24 heavy (non-hydrogen) atoms. The zero-order valence-electron chi connectivity index (χ0n) is 13.8. The first-order chi connectivity index (χ1) is 11.7. The maximum Gasteiger partial charge on any atom is 0.312 e. The molecule has 2 unspecified atom stereocenters. The monoisotopic (exact) mass is 323 g/mol. The van der Waals surface area contributed by atoms with Crippen LogP contribution in [0.2, 0.25) is 0 Å². The molecule has 1 saturated carbocycles. The second-order valence-electron chi connectivity index (χ2n) is 6.47. The second-order valence-corrected chi connectivity index (χ2v) is 6.47. The van der Waals surface area contributed by atoms with E-state index in [1.165, 1.54) is 12.7 Å². The Morgan fingerprint density at radius 3 is 2.92 bits per heavy atom. The van der Waals surface area contributed by atoms with Crippen molar-refractivity contribution in [1.29, 1.82) is 5.26 Å². The molecule has 0 radical (unpaired) electrons. The highest BCUT2D eigenvalue weighted by Gasteiger charge is 2.47. The molecule has 2 atom stereocenters. The maximum atomic E-state index is 12.2. The molecule has 0 N–H and O–H groups in total. The first-order valence-corrected chi connectivity index (χ1v) is 8.19. The van der Waals surface area contributed by atoms with Crippen molar-refractivity contribution < 1.29 is 9.53 Å². The van der Waals surface area contributed by atoms with Crippen LogP contribution in [0.1, 0.15) is 42.9 Å². The summed E-state index contributed by atoms with van der Waals surface area (Å²) in [7, 11) is 1.39. The number of nitrogens with zero attached hydrogens (tertiary/aromatic N) is 3. The minimum Gasteiger partial charge on any atom is -0.469 e. The van der Waals surface area contributed by atoms with Crippen molar-refractivity contribution in [1.82, 2.24) is 9.78 Å². The third-order valence-corrected chi connectivity index (χ3v) is 4.91. The molecule has 0 amide bonds. The van der Waals surface area contributed by atoms with Crippen LogP contribution in [-0.4, -0.2) is 22.9 Å². The number of hydrogen-bond acceptors (Lipinski definition) is 4. The molecule has 1 heterocycles. The molecule has 0 spiro atoms. The highest BCUT2D eigenvalue weighted by Crippen LogP contribution is 2.49. The third kappa shape index (κ3) is 3.18. The van der Waals surface area contributed by atoms with Gasteiger partial charge in [0.2, 0.25) is 0 Å². The molecule has 0 saturated heterocycles. The highest BCUT2D eigenvalue weighted by atomic mass is 16.5. The van der Waals surface area contributed by atoms with E-state index in [2.05, 4.69) is 23.3 Å². The average molecular weight is 323 g/mol. The molecule has 1 aromatic carbocycles. The molecule has 1 aliphatic carbocycles. The summed E-state index contributed by atoms with van der Waals surface area (Å²) in [5.41, 5.74) is 1.53. The smallest absolute Gasteiger partial charge is 0.312 e. The highest BCUT2D eigenvalue weighted by molar-refractivity contribution is 5.77. The summed E-state index contributed by atoms with van der Waals surface area (Å²) in [6, 6.07) is 14.4. The van der Waals surface area contributed by atoms with Gasteiger partial charge in [-0.25, -0.2) is 0 Å². The van der Waals surface area contributed by atoms with Gasteiger partial charge in [0, 0.05) is 12.1 Å². The molecule has 1 fully saturated rings. The predicted octanol–water partition coefficient (Wildman–Crippen LogP) is 3.27. The van der Waals surface area contributed by atoms with Gasteiger partial charge in [-0.2, -0.15) is 10.4 Å². The fourth-order valence-electron chi connectivity index (χ4n) is 3.62. The SMILES string of the molecule is COC(=O)C1(CC#N)CCC(c2ccn(Cc3ccccc3)n2)C1. The number of esters is 1. The Morgan fingerprint density at radius 1 is 1.42 bits per heavy atom. The van der Waals surface area contributed by atoms with Crippen molar-refractivity contribution in [2.45, 2.75) is 38.1 Å². The quantitative estimate of drug-likeness (QED) is 0.792. The zero-order chi connectivity index (χ0) is 17.0. The molecule has 2 aromatic rings. The Labute approximate surface area is 141 Å². The van der Waals surface area contributed by atoms with Gasteiger partial charge in [-0.1, -0.05) is 30.3 Å². The van der Waals surface area contributed by atoms with E-state index in [0.29, 0.717) is 12.8 Å². The molecule has 3 rings (SSSR count). The first kappa shape index (κ1) is 16.3. The molecular formula is C19H21N3O2. The zero-order valence-corrected chi connectivity index (χ0v) is 13.8. The topological polar surface area (TPSA) is 67.9 Å². The minimum absolute atomic E-state index is 0.203. The normalized spacial score (nSPS) is 22.9. The number of carbonyl (C=O) groups is 1. The van der Waals surface area contributed by atoms with Gasteiger partial charge < -0.3 is 4.74 Å². The van der Waals surface area contributed by atoms with Crippen LogP contribution in [-0.2, 0) is 16.1 Å². The molecule has 5 nitrogen and oxygen atoms in total. The van der Waals surface area contributed by atoms with E-state index in [-0.39, 0.29) is 18.3 Å². The Bertz CT molecular complexity index is 747. The van der Waals surface area contributed by atoms with Crippen molar-refractivity contribution >= 4 is 5.97 Å². The number of nitriles is 1. The lowest BCUT2D eigenvalue weighted by Gasteiger charge is -2.22. The Kier molecular flexibility index (Phi) is 4.66. The van der Waals surface area contributed by atoms with Gasteiger partial charge >= 0.3 is 5.97 Å². The van der Waals surface area contributed by atoms with Crippen LogP contribution in [0, 0.1) is 16.7 Å². The lowest BCUT2D eigenvalue weighted by molar-refractivity contribution is -0.152. The van der Waals surface area contributed by atoms with Crippen LogP contribution in [0.5, 0.6) is 0 Å². The molecule has 124 valence electrons. The number of methoxy groups -OCH3 is 1. The second kappa shape index (κ2) is 6.88. The van der Waals surface area contributed by atoms with Gasteiger partial charge in [0.15, 0.2) is 0 Å². The minimum atomic E-state index is -0.669. The van der Waals surface area contributed by atoms with E-state index in [4.69, 9.17) is 10.00 Å². The van der Waals surface area contributed by atoms with E-state index in [9.17, 15) is 4.79 Å². The van der Waals surface area contributed by atoms with Crippen LogP contribution >= 0.6 is 0 Å². The van der Waals surface area contributed by atoms with Gasteiger partial charge in [0.05, 0.1) is 37.3 Å². The standard InChI is InChI=1S/C19H21N3O2/c1-24-18(23)19(10-11-20)9-7-16(13-19)17-8-12-22(21-17)14-15-5-3-2-4-6-15/h2-6,8,12,16H,7,9-10,13-14H2,1H3.